The van der Waals surface area contributed by atoms with E-state index in [1.165, 1.54) is 6.07 Å². The second-order valence-corrected chi connectivity index (χ2v) is 5.63. The minimum Gasteiger partial charge on any atom is -0.491 e. The molecule has 0 fully saturated rings. The van der Waals surface area contributed by atoms with Crippen LogP contribution in [-0.2, 0) is 17.8 Å². The van der Waals surface area contributed by atoms with Crippen LogP contribution >= 0.6 is 0 Å². The molecule has 0 aliphatic rings. The Morgan fingerprint density at radius 2 is 1.81 bits per heavy atom. The normalized spacial score (nSPS) is 11.3. The van der Waals surface area contributed by atoms with Gasteiger partial charge in [0.05, 0.1) is 13.2 Å². The van der Waals surface area contributed by atoms with Crippen molar-refractivity contribution in [3.05, 3.63) is 65.5 Å². The summed E-state index contributed by atoms with van der Waals surface area (Å²) in [5.74, 6) is 1.23. The zero-order valence-electron chi connectivity index (χ0n) is 15.3. The second kappa shape index (κ2) is 11.1. The molecule has 0 unspecified atom stereocenters. The number of nitrogens with zero attached hydrogens (tertiary/aromatic N) is 1. The molecule has 2 rings (SSSR count). The van der Waals surface area contributed by atoms with Gasteiger partial charge in [0.2, 0.25) is 0 Å². The molecule has 0 amide bonds. The smallest absolute Gasteiger partial charge is 0.191 e. The van der Waals surface area contributed by atoms with Crippen LogP contribution in [0.1, 0.15) is 18.1 Å². The molecule has 0 aliphatic carbocycles. The summed E-state index contributed by atoms with van der Waals surface area (Å²) in [5.41, 5.74) is 1.67. The molecule has 2 aromatic carbocycles. The number of benzene rings is 2. The first-order valence-electron chi connectivity index (χ1n) is 8.69. The van der Waals surface area contributed by atoms with Crippen LogP contribution in [0, 0.1) is 5.82 Å². The lowest BCUT2D eigenvalue weighted by Gasteiger charge is -2.12. The van der Waals surface area contributed by atoms with E-state index in [1.807, 2.05) is 37.3 Å². The second-order valence-electron chi connectivity index (χ2n) is 5.63. The zero-order chi connectivity index (χ0) is 18.6. The molecule has 2 N–H and O–H groups in total. The highest BCUT2D eigenvalue weighted by molar-refractivity contribution is 5.79. The lowest BCUT2D eigenvalue weighted by Crippen LogP contribution is -2.37. The minimum atomic E-state index is -0.222. The van der Waals surface area contributed by atoms with Crippen LogP contribution in [0.5, 0.6) is 5.75 Å². The van der Waals surface area contributed by atoms with Crippen molar-refractivity contribution in [2.45, 2.75) is 20.0 Å². The summed E-state index contributed by atoms with van der Waals surface area (Å²) in [6.07, 6.45) is 0. The Balaban J connectivity index is 1.90. The molecule has 0 saturated heterocycles. The first kappa shape index (κ1) is 19.7. The zero-order valence-corrected chi connectivity index (χ0v) is 15.3. The summed E-state index contributed by atoms with van der Waals surface area (Å²) in [4.78, 5) is 4.54. The van der Waals surface area contributed by atoms with E-state index in [2.05, 4.69) is 15.6 Å². The largest absolute Gasteiger partial charge is 0.491 e. The van der Waals surface area contributed by atoms with E-state index in [9.17, 15) is 4.39 Å². The number of nitrogens with one attached hydrogen (secondary N) is 2. The van der Waals surface area contributed by atoms with Gasteiger partial charge in [0, 0.05) is 25.8 Å². The topological polar surface area (TPSA) is 54.9 Å². The lowest BCUT2D eigenvalue weighted by molar-refractivity contribution is 0.146. The number of rotatable bonds is 9. The maximum atomic E-state index is 13.7. The van der Waals surface area contributed by atoms with E-state index < -0.39 is 0 Å². The predicted octanol–water partition coefficient (Wildman–Crippen LogP) is 3.11. The third-order valence-corrected chi connectivity index (χ3v) is 3.65. The fourth-order valence-corrected chi connectivity index (χ4v) is 2.27. The van der Waals surface area contributed by atoms with E-state index in [0.717, 1.165) is 17.9 Å². The Hall–Kier alpha value is -2.60. The van der Waals surface area contributed by atoms with Crippen molar-refractivity contribution in [1.82, 2.24) is 10.6 Å². The van der Waals surface area contributed by atoms with Crippen molar-refractivity contribution < 1.29 is 13.9 Å². The SMILES string of the molecule is CCNC(=NCc1ccc(OCCOC)cc1)NCc1ccccc1F. The van der Waals surface area contributed by atoms with Crippen LogP contribution in [0.4, 0.5) is 4.39 Å². The van der Waals surface area contributed by atoms with E-state index in [1.54, 1.807) is 19.2 Å². The molecular weight excluding hydrogens is 333 g/mol. The fourth-order valence-electron chi connectivity index (χ4n) is 2.27. The van der Waals surface area contributed by atoms with Crippen LogP contribution in [0.25, 0.3) is 0 Å². The van der Waals surface area contributed by atoms with E-state index in [4.69, 9.17) is 9.47 Å². The molecular formula is C20H26FN3O2. The maximum absolute atomic E-state index is 13.7. The van der Waals surface area contributed by atoms with Crippen LogP contribution in [0.3, 0.4) is 0 Å². The van der Waals surface area contributed by atoms with Crippen molar-refractivity contribution in [2.24, 2.45) is 4.99 Å². The molecule has 0 aromatic heterocycles. The minimum absolute atomic E-state index is 0.222. The summed E-state index contributed by atoms with van der Waals surface area (Å²) in [6, 6.07) is 14.5. The molecule has 140 valence electrons. The summed E-state index contributed by atoms with van der Waals surface area (Å²) in [7, 11) is 1.65. The summed E-state index contributed by atoms with van der Waals surface area (Å²) in [6.45, 7) is 4.71. The van der Waals surface area contributed by atoms with Gasteiger partial charge in [0.25, 0.3) is 0 Å². The van der Waals surface area contributed by atoms with Crippen molar-refractivity contribution in [1.29, 1.82) is 0 Å². The summed E-state index contributed by atoms with van der Waals surface area (Å²) < 4.78 is 24.2. The molecule has 2 aromatic rings. The van der Waals surface area contributed by atoms with Gasteiger partial charge in [0.1, 0.15) is 18.2 Å². The van der Waals surface area contributed by atoms with Gasteiger partial charge in [-0.2, -0.15) is 0 Å². The van der Waals surface area contributed by atoms with Crippen molar-refractivity contribution in [2.75, 3.05) is 26.9 Å². The molecule has 0 aliphatic heterocycles. The van der Waals surface area contributed by atoms with Crippen molar-refractivity contribution >= 4 is 5.96 Å². The Labute approximate surface area is 154 Å². The first-order valence-corrected chi connectivity index (χ1v) is 8.69. The molecule has 5 nitrogen and oxygen atoms in total. The molecule has 0 spiro atoms. The summed E-state index contributed by atoms with van der Waals surface area (Å²) >= 11 is 0. The number of halogens is 1. The average Bonchev–Trinajstić information content (AvgIpc) is 2.66. The van der Waals surface area contributed by atoms with E-state index in [0.29, 0.717) is 37.8 Å². The van der Waals surface area contributed by atoms with Gasteiger partial charge in [-0.25, -0.2) is 9.38 Å². The van der Waals surface area contributed by atoms with Crippen molar-refractivity contribution in [3.63, 3.8) is 0 Å². The van der Waals surface area contributed by atoms with Crippen LogP contribution in [0.2, 0.25) is 0 Å². The molecule has 0 saturated carbocycles. The standard InChI is InChI=1S/C20H26FN3O2/c1-3-22-20(24-15-17-6-4-5-7-19(17)21)23-14-16-8-10-18(11-9-16)26-13-12-25-2/h4-11H,3,12-15H2,1-2H3,(H2,22,23,24). The molecule has 0 atom stereocenters. The fraction of sp³-hybridized carbons (Fsp3) is 0.350. The molecule has 0 radical (unpaired) electrons. The van der Waals surface area contributed by atoms with Gasteiger partial charge in [-0.05, 0) is 30.7 Å². The van der Waals surface area contributed by atoms with Crippen LogP contribution in [-0.4, -0.2) is 32.8 Å². The number of methoxy groups -OCH3 is 1. The Kier molecular flexibility index (Phi) is 8.42. The third kappa shape index (κ3) is 6.72. The maximum Gasteiger partial charge on any atom is 0.191 e. The molecule has 0 heterocycles. The van der Waals surface area contributed by atoms with Gasteiger partial charge in [-0.3, -0.25) is 0 Å². The quantitative estimate of drug-likeness (QED) is 0.410. The van der Waals surface area contributed by atoms with Gasteiger partial charge < -0.3 is 20.1 Å². The first-order chi connectivity index (χ1) is 12.7. The van der Waals surface area contributed by atoms with Crippen LogP contribution < -0.4 is 15.4 Å². The highest BCUT2D eigenvalue weighted by Crippen LogP contribution is 2.13. The monoisotopic (exact) mass is 359 g/mol. The Bertz CT molecular complexity index is 690. The van der Waals surface area contributed by atoms with Crippen LogP contribution in [0.15, 0.2) is 53.5 Å². The van der Waals surface area contributed by atoms with Crippen molar-refractivity contribution in [3.8, 4) is 5.75 Å². The average molecular weight is 359 g/mol. The van der Waals surface area contributed by atoms with Gasteiger partial charge in [-0.1, -0.05) is 30.3 Å². The highest BCUT2D eigenvalue weighted by atomic mass is 19.1. The summed E-state index contributed by atoms with van der Waals surface area (Å²) in [5, 5.41) is 6.32. The van der Waals surface area contributed by atoms with Gasteiger partial charge in [-0.15, -0.1) is 0 Å². The molecule has 0 bridgehead atoms. The highest BCUT2D eigenvalue weighted by Gasteiger charge is 2.03. The van der Waals surface area contributed by atoms with Gasteiger partial charge in [0.15, 0.2) is 5.96 Å². The molecule has 6 heteroatoms. The number of hydrogen-bond donors (Lipinski definition) is 2. The van der Waals surface area contributed by atoms with E-state index in [-0.39, 0.29) is 5.82 Å². The number of guanidine groups is 1. The predicted molar refractivity (Wildman–Crippen MR) is 102 cm³/mol. The lowest BCUT2D eigenvalue weighted by atomic mass is 10.2. The van der Waals surface area contributed by atoms with E-state index >= 15 is 0 Å². The molecule has 26 heavy (non-hydrogen) atoms. The third-order valence-electron chi connectivity index (χ3n) is 3.65. The number of ether oxygens (including phenoxy) is 2. The Morgan fingerprint density at radius 1 is 1.04 bits per heavy atom. The Morgan fingerprint density at radius 3 is 2.50 bits per heavy atom. The number of hydrogen-bond acceptors (Lipinski definition) is 3. The number of aliphatic imine (C=N–C) groups is 1. The van der Waals surface area contributed by atoms with Gasteiger partial charge >= 0.3 is 0 Å².